The largest absolute Gasteiger partial charge is 0.320 e. The molecule has 0 spiro atoms. The van der Waals surface area contributed by atoms with Crippen LogP contribution in [0.4, 0.5) is 0 Å². The van der Waals surface area contributed by atoms with Gasteiger partial charge in [-0.15, -0.1) is 11.3 Å². The maximum Gasteiger partial charge on any atom is 0.0661 e. The predicted molar refractivity (Wildman–Crippen MR) is 71.5 cm³/mol. The molecule has 0 amide bonds. The second-order valence-electron chi connectivity index (χ2n) is 3.62. The van der Waals surface area contributed by atoms with Gasteiger partial charge in [-0.25, -0.2) is 0 Å². The van der Waals surface area contributed by atoms with Gasteiger partial charge in [0.1, 0.15) is 0 Å². The van der Waals surface area contributed by atoms with E-state index < -0.39 is 0 Å². The van der Waals surface area contributed by atoms with Crippen LogP contribution in [0.25, 0.3) is 0 Å². The highest BCUT2D eigenvalue weighted by molar-refractivity contribution is 7.10. The third-order valence-corrected chi connectivity index (χ3v) is 4.33. The van der Waals surface area contributed by atoms with Gasteiger partial charge in [0, 0.05) is 9.90 Å². The predicted octanol–water partition coefficient (Wildman–Crippen LogP) is 4.41. The molecule has 0 bridgehead atoms. The van der Waals surface area contributed by atoms with Gasteiger partial charge in [0.05, 0.1) is 11.1 Å². The van der Waals surface area contributed by atoms with Crippen molar-refractivity contribution in [1.29, 1.82) is 0 Å². The molecule has 84 valence electrons. The van der Waals surface area contributed by atoms with Crippen LogP contribution in [0.2, 0.25) is 10.0 Å². The van der Waals surface area contributed by atoms with Gasteiger partial charge in [-0.3, -0.25) is 0 Å². The first-order chi connectivity index (χ1) is 7.59. The summed E-state index contributed by atoms with van der Waals surface area (Å²) in [6.45, 7) is 1.97. The second-order valence-corrected chi connectivity index (χ2v) is 5.38. The van der Waals surface area contributed by atoms with Gasteiger partial charge in [-0.05, 0) is 35.6 Å². The Morgan fingerprint density at radius 1 is 1.19 bits per heavy atom. The van der Waals surface area contributed by atoms with Crippen molar-refractivity contribution in [3.63, 3.8) is 0 Å². The minimum atomic E-state index is -0.177. The van der Waals surface area contributed by atoms with Crippen LogP contribution >= 0.6 is 34.5 Å². The van der Waals surface area contributed by atoms with Crippen molar-refractivity contribution in [1.82, 2.24) is 0 Å². The van der Waals surface area contributed by atoms with Crippen molar-refractivity contribution in [3.05, 3.63) is 55.7 Å². The standard InChI is InChI=1S/C12H11Cl2NS/c1-7-6-8(2-3-9(7)13)11(15)12-10(14)4-5-16-12/h2-6,11H,15H2,1H3. The summed E-state index contributed by atoms with van der Waals surface area (Å²) in [7, 11) is 0. The number of nitrogens with two attached hydrogens (primary N) is 1. The number of hydrogen-bond donors (Lipinski definition) is 1. The Hall–Kier alpha value is -0.540. The highest BCUT2D eigenvalue weighted by Crippen LogP contribution is 2.32. The van der Waals surface area contributed by atoms with E-state index in [-0.39, 0.29) is 6.04 Å². The SMILES string of the molecule is Cc1cc(C(N)c2sccc2Cl)ccc1Cl. The van der Waals surface area contributed by atoms with Crippen molar-refractivity contribution >= 4 is 34.5 Å². The monoisotopic (exact) mass is 271 g/mol. The Balaban J connectivity index is 2.38. The molecule has 0 aliphatic heterocycles. The summed E-state index contributed by atoms with van der Waals surface area (Å²) in [5.74, 6) is 0. The van der Waals surface area contributed by atoms with Crippen molar-refractivity contribution < 1.29 is 0 Å². The van der Waals surface area contributed by atoms with Crippen molar-refractivity contribution in [2.75, 3.05) is 0 Å². The van der Waals surface area contributed by atoms with E-state index in [1.54, 1.807) is 11.3 Å². The molecule has 0 saturated heterocycles. The number of rotatable bonds is 2. The van der Waals surface area contributed by atoms with Crippen LogP contribution in [0.5, 0.6) is 0 Å². The molecule has 1 aromatic carbocycles. The molecule has 4 heteroatoms. The van der Waals surface area contributed by atoms with E-state index >= 15 is 0 Å². The van der Waals surface area contributed by atoms with Crippen LogP contribution in [0.3, 0.4) is 0 Å². The second kappa shape index (κ2) is 4.76. The molecule has 1 heterocycles. The molecule has 1 nitrogen and oxygen atoms in total. The van der Waals surface area contributed by atoms with Gasteiger partial charge in [-0.1, -0.05) is 35.3 Å². The molecule has 0 fully saturated rings. The van der Waals surface area contributed by atoms with Crippen molar-refractivity contribution in [3.8, 4) is 0 Å². The van der Waals surface area contributed by atoms with E-state index in [0.29, 0.717) is 0 Å². The fourth-order valence-electron chi connectivity index (χ4n) is 1.54. The highest BCUT2D eigenvalue weighted by Gasteiger charge is 2.14. The average Bonchev–Trinajstić information content (AvgIpc) is 2.67. The first-order valence-corrected chi connectivity index (χ1v) is 6.47. The fourth-order valence-corrected chi connectivity index (χ4v) is 2.86. The number of aryl methyl sites for hydroxylation is 1. The number of halogens is 2. The van der Waals surface area contributed by atoms with E-state index in [2.05, 4.69) is 0 Å². The normalized spacial score (nSPS) is 12.8. The Morgan fingerprint density at radius 3 is 2.50 bits per heavy atom. The molecular weight excluding hydrogens is 261 g/mol. The van der Waals surface area contributed by atoms with E-state index in [1.807, 2.05) is 36.6 Å². The number of benzene rings is 1. The molecule has 0 radical (unpaired) electrons. The van der Waals surface area contributed by atoms with Crippen LogP contribution in [0.15, 0.2) is 29.6 Å². The molecule has 1 atom stereocenters. The summed E-state index contributed by atoms with van der Waals surface area (Å²) < 4.78 is 0. The minimum absolute atomic E-state index is 0.177. The van der Waals surface area contributed by atoms with Gasteiger partial charge in [-0.2, -0.15) is 0 Å². The first-order valence-electron chi connectivity index (χ1n) is 4.84. The topological polar surface area (TPSA) is 26.0 Å². The lowest BCUT2D eigenvalue weighted by molar-refractivity contribution is 0.892. The number of thiophene rings is 1. The maximum absolute atomic E-state index is 6.16. The summed E-state index contributed by atoms with van der Waals surface area (Å²) in [4.78, 5) is 0.989. The van der Waals surface area contributed by atoms with E-state index in [1.165, 1.54) is 0 Å². The summed E-state index contributed by atoms with van der Waals surface area (Å²) in [6, 6.07) is 7.50. The van der Waals surface area contributed by atoms with Crippen LogP contribution in [0.1, 0.15) is 22.0 Å². The zero-order chi connectivity index (χ0) is 11.7. The lowest BCUT2D eigenvalue weighted by Gasteiger charge is -2.12. The van der Waals surface area contributed by atoms with E-state index in [0.717, 1.165) is 26.0 Å². The maximum atomic E-state index is 6.16. The molecule has 2 rings (SSSR count). The Bertz CT molecular complexity index is 507. The molecule has 16 heavy (non-hydrogen) atoms. The molecule has 2 aromatic rings. The molecule has 2 N–H and O–H groups in total. The fraction of sp³-hybridized carbons (Fsp3) is 0.167. The van der Waals surface area contributed by atoms with Crippen LogP contribution < -0.4 is 5.73 Å². The van der Waals surface area contributed by atoms with Crippen molar-refractivity contribution in [2.45, 2.75) is 13.0 Å². The summed E-state index contributed by atoms with van der Waals surface area (Å²) in [5.41, 5.74) is 8.23. The quantitative estimate of drug-likeness (QED) is 0.860. The summed E-state index contributed by atoms with van der Waals surface area (Å²) in [6.07, 6.45) is 0. The Kier molecular flexibility index (Phi) is 3.55. The third kappa shape index (κ3) is 2.25. The zero-order valence-corrected chi connectivity index (χ0v) is 11.0. The Morgan fingerprint density at radius 2 is 1.94 bits per heavy atom. The van der Waals surface area contributed by atoms with Gasteiger partial charge < -0.3 is 5.73 Å². The summed E-state index contributed by atoms with van der Waals surface area (Å²) >= 11 is 13.6. The molecule has 0 aliphatic rings. The first kappa shape index (κ1) is 11.9. The zero-order valence-electron chi connectivity index (χ0n) is 8.71. The van der Waals surface area contributed by atoms with E-state index in [9.17, 15) is 0 Å². The van der Waals surface area contributed by atoms with Gasteiger partial charge in [0.15, 0.2) is 0 Å². The van der Waals surface area contributed by atoms with Gasteiger partial charge >= 0.3 is 0 Å². The Labute approximate surface area is 109 Å². The summed E-state index contributed by atoms with van der Waals surface area (Å²) in [5, 5.41) is 3.43. The van der Waals surface area contributed by atoms with Crippen LogP contribution in [0, 0.1) is 6.92 Å². The smallest absolute Gasteiger partial charge is 0.0661 e. The molecule has 0 aliphatic carbocycles. The molecule has 1 aromatic heterocycles. The van der Waals surface area contributed by atoms with Gasteiger partial charge in [0.2, 0.25) is 0 Å². The molecule has 1 unspecified atom stereocenters. The number of hydrogen-bond acceptors (Lipinski definition) is 2. The molecular formula is C12H11Cl2NS. The van der Waals surface area contributed by atoms with Crippen molar-refractivity contribution in [2.24, 2.45) is 5.73 Å². The minimum Gasteiger partial charge on any atom is -0.320 e. The lowest BCUT2D eigenvalue weighted by atomic mass is 10.0. The third-order valence-electron chi connectivity index (χ3n) is 2.47. The van der Waals surface area contributed by atoms with Gasteiger partial charge in [0.25, 0.3) is 0 Å². The molecule has 0 saturated carbocycles. The highest BCUT2D eigenvalue weighted by atomic mass is 35.5. The average molecular weight is 272 g/mol. The lowest BCUT2D eigenvalue weighted by Crippen LogP contribution is -2.10. The van der Waals surface area contributed by atoms with E-state index in [4.69, 9.17) is 28.9 Å². The van der Waals surface area contributed by atoms with Crippen LogP contribution in [-0.4, -0.2) is 0 Å². The van der Waals surface area contributed by atoms with Crippen LogP contribution in [-0.2, 0) is 0 Å².